The molecule has 2 N–H and O–H groups in total. The molecule has 0 aliphatic carbocycles. The van der Waals surface area contributed by atoms with E-state index in [-0.39, 0.29) is 15.9 Å². The SMILES string of the molecule is O=C(O)CN(CC(=O)O)C(=O)c1ccc(Cl)nc1Cl. The third-order valence-corrected chi connectivity index (χ3v) is 2.48. The van der Waals surface area contributed by atoms with Crippen LogP contribution in [0.15, 0.2) is 12.1 Å². The van der Waals surface area contributed by atoms with Crippen LogP contribution in [-0.2, 0) is 9.59 Å². The Kier molecular flexibility index (Phi) is 5.08. The number of hydrogen-bond acceptors (Lipinski definition) is 4. The van der Waals surface area contributed by atoms with Crippen molar-refractivity contribution in [3.8, 4) is 0 Å². The van der Waals surface area contributed by atoms with Gasteiger partial charge < -0.3 is 15.1 Å². The van der Waals surface area contributed by atoms with Gasteiger partial charge in [-0.05, 0) is 12.1 Å². The predicted octanol–water partition coefficient (Wildman–Crippen LogP) is 1.000. The number of pyridine rings is 1. The van der Waals surface area contributed by atoms with Crippen molar-refractivity contribution in [2.45, 2.75) is 0 Å². The second-order valence-electron chi connectivity index (χ2n) is 3.42. The molecule has 1 heterocycles. The lowest BCUT2D eigenvalue weighted by molar-refractivity contribution is -0.140. The number of carbonyl (C=O) groups excluding carboxylic acids is 1. The first kappa shape index (κ1) is 15.2. The molecule has 102 valence electrons. The largest absolute Gasteiger partial charge is 0.480 e. The number of aromatic nitrogens is 1. The van der Waals surface area contributed by atoms with Gasteiger partial charge in [-0.25, -0.2) is 4.98 Å². The van der Waals surface area contributed by atoms with E-state index < -0.39 is 30.9 Å². The van der Waals surface area contributed by atoms with Crippen molar-refractivity contribution in [3.63, 3.8) is 0 Å². The summed E-state index contributed by atoms with van der Waals surface area (Å²) < 4.78 is 0. The number of carboxylic acids is 2. The molecule has 19 heavy (non-hydrogen) atoms. The van der Waals surface area contributed by atoms with Crippen molar-refractivity contribution < 1.29 is 24.6 Å². The van der Waals surface area contributed by atoms with Crippen LogP contribution in [-0.4, -0.2) is 51.0 Å². The fraction of sp³-hybridized carbons (Fsp3) is 0.200. The van der Waals surface area contributed by atoms with Gasteiger partial charge in [-0.15, -0.1) is 0 Å². The Bertz CT molecular complexity index is 519. The van der Waals surface area contributed by atoms with Gasteiger partial charge in [0.1, 0.15) is 23.4 Å². The molecule has 0 radical (unpaired) electrons. The van der Waals surface area contributed by atoms with Gasteiger partial charge in [0.15, 0.2) is 0 Å². The molecule has 0 unspecified atom stereocenters. The Balaban J connectivity index is 3.04. The first-order valence-corrected chi connectivity index (χ1v) is 5.61. The Morgan fingerprint density at radius 1 is 1.11 bits per heavy atom. The molecule has 0 aliphatic rings. The third-order valence-electron chi connectivity index (χ3n) is 1.98. The zero-order chi connectivity index (χ0) is 14.6. The van der Waals surface area contributed by atoms with Gasteiger partial charge in [-0.3, -0.25) is 14.4 Å². The second-order valence-corrected chi connectivity index (χ2v) is 4.17. The summed E-state index contributed by atoms with van der Waals surface area (Å²) in [7, 11) is 0. The maximum Gasteiger partial charge on any atom is 0.323 e. The van der Waals surface area contributed by atoms with E-state index in [1.54, 1.807) is 0 Å². The van der Waals surface area contributed by atoms with E-state index in [0.717, 1.165) is 0 Å². The fourth-order valence-electron chi connectivity index (χ4n) is 1.27. The molecule has 0 saturated carbocycles. The van der Waals surface area contributed by atoms with Crippen LogP contribution >= 0.6 is 23.2 Å². The Morgan fingerprint density at radius 2 is 1.63 bits per heavy atom. The molecule has 0 bridgehead atoms. The van der Waals surface area contributed by atoms with Crippen molar-refractivity contribution >= 4 is 41.0 Å². The maximum absolute atomic E-state index is 12.0. The van der Waals surface area contributed by atoms with E-state index in [0.29, 0.717) is 4.90 Å². The van der Waals surface area contributed by atoms with E-state index in [4.69, 9.17) is 33.4 Å². The lowest BCUT2D eigenvalue weighted by Crippen LogP contribution is -2.39. The van der Waals surface area contributed by atoms with Crippen LogP contribution in [0.5, 0.6) is 0 Å². The first-order valence-electron chi connectivity index (χ1n) is 4.86. The first-order chi connectivity index (χ1) is 8.81. The van der Waals surface area contributed by atoms with Crippen LogP contribution in [0, 0.1) is 0 Å². The number of amides is 1. The molecular formula is C10H8Cl2N2O5. The lowest BCUT2D eigenvalue weighted by atomic mass is 10.2. The molecule has 1 aromatic rings. The van der Waals surface area contributed by atoms with Crippen molar-refractivity contribution in [1.29, 1.82) is 0 Å². The minimum atomic E-state index is -1.34. The molecule has 0 saturated heterocycles. The quantitative estimate of drug-likeness (QED) is 0.786. The van der Waals surface area contributed by atoms with Crippen LogP contribution in [0.4, 0.5) is 0 Å². The molecule has 0 spiro atoms. The summed E-state index contributed by atoms with van der Waals surface area (Å²) in [5.41, 5.74) is -0.117. The van der Waals surface area contributed by atoms with Gasteiger partial charge in [0.25, 0.3) is 5.91 Å². The normalized spacial score (nSPS) is 10.0. The van der Waals surface area contributed by atoms with Crippen LogP contribution in [0.25, 0.3) is 0 Å². The van der Waals surface area contributed by atoms with E-state index in [2.05, 4.69) is 4.98 Å². The predicted molar refractivity (Wildman–Crippen MR) is 65.4 cm³/mol. The summed E-state index contributed by atoms with van der Waals surface area (Å²) in [6.07, 6.45) is 0. The second kappa shape index (κ2) is 6.35. The van der Waals surface area contributed by atoms with Crippen LogP contribution < -0.4 is 0 Å². The Morgan fingerprint density at radius 3 is 2.05 bits per heavy atom. The van der Waals surface area contributed by atoms with Crippen molar-refractivity contribution in [2.75, 3.05) is 13.1 Å². The van der Waals surface area contributed by atoms with Gasteiger partial charge in [0, 0.05) is 0 Å². The molecular weight excluding hydrogens is 299 g/mol. The van der Waals surface area contributed by atoms with Gasteiger partial charge >= 0.3 is 11.9 Å². The molecule has 1 rings (SSSR count). The standard InChI is InChI=1S/C10H8Cl2N2O5/c11-6-2-1-5(9(12)13-6)10(19)14(3-7(15)16)4-8(17)18/h1-2H,3-4H2,(H,15,16)(H,17,18). The highest BCUT2D eigenvalue weighted by Gasteiger charge is 2.23. The van der Waals surface area contributed by atoms with Crippen LogP contribution in [0.2, 0.25) is 10.3 Å². The van der Waals surface area contributed by atoms with Crippen molar-refractivity contribution in [2.24, 2.45) is 0 Å². The number of halogens is 2. The zero-order valence-corrected chi connectivity index (χ0v) is 10.9. The van der Waals surface area contributed by atoms with E-state index >= 15 is 0 Å². The number of nitrogens with zero attached hydrogens (tertiary/aromatic N) is 2. The Labute approximate surface area is 117 Å². The van der Waals surface area contributed by atoms with E-state index in [1.165, 1.54) is 12.1 Å². The Hall–Kier alpha value is -1.86. The number of aliphatic carboxylic acids is 2. The molecule has 0 aromatic carbocycles. The van der Waals surface area contributed by atoms with E-state index in [9.17, 15) is 14.4 Å². The third kappa shape index (κ3) is 4.38. The van der Waals surface area contributed by atoms with Crippen LogP contribution in [0.3, 0.4) is 0 Å². The summed E-state index contributed by atoms with van der Waals surface area (Å²) in [5, 5.41) is 17.1. The summed E-state index contributed by atoms with van der Waals surface area (Å²) >= 11 is 11.3. The number of carbonyl (C=O) groups is 3. The molecule has 7 nitrogen and oxygen atoms in total. The molecule has 1 aromatic heterocycles. The highest BCUT2D eigenvalue weighted by atomic mass is 35.5. The molecule has 0 atom stereocenters. The minimum Gasteiger partial charge on any atom is -0.480 e. The average Bonchev–Trinajstić information content (AvgIpc) is 2.26. The number of carboxylic acid groups (broad SMARTS) is 2. The average molecular weight is 307 g/mol. The molecule has 0 fully saturated rings. The van der Waals surface area contributed by atoms with E-state index in [1.807, 2.05) is 0 Å². The molecule has 0 aliphatic heterocycles. The van der Waals surface area contributed by atoms with Gasteiger partial charge in [0.05, 0.1) is 5.56 Å². The molecule has 9 heteroatoms. The highest BCUT2D eigenvalue weighted by Crippen LogP contribution is 2.18. The monoisotopic (exact) mass is 306 g/mol. The summed E-state index contributed by atoms with van der Waals surface area (Å²) in [4.78, 5) is 37.4. The van der Waals surface area contributed by atoms with Gasteiger partial charge in [-0.1, -0.05) is 23.2 Å². The lowest BCUT2D eigenvalue weighted by Gasteiger charge is -2.18. The van der Waals surface area contributed by atoms with Crippen LogP contribution in [0.1, 0.15) is 10.4 Å². The fourth-order valence-corrected chi connectivity index (χ4v) is 1.69. The topological polar surface area (TPSA) is 108 Å². The zero-order valence-electron chi connectivity index (χ0n) is 9.34. The number of hydrogen-bond donors (Lipinski definition) is 2. The smallest absolute Gasteiger partial charge is 0.323 e. The molecule has 1 amide bonds. The highest BCUT2D eigenvalue weighted by molar-refractivity contribution is 6.34. The number of rotatable bonds is 5. The minimum absolute atomic E-state index is 0.0598. The maximum atomic E-state index is 12.0. The summed E-state index contributed by atoms with van der Waals surface area (Å²) in [6, 6.07) is 2.54. The summed E-state index contributed by atoms with van der Waals surface area (Å²) in [5.74, 6) is -3.53. The van der Waals surface area contributed by atoms with Gasteiger partial charge in [0.2, 0.25) is 0 Å². The van der Waals surface area contributed by atoms with Crippen molar-refractivity contribution in [1.82, 2.24) is 9.88 Å². The summed E-state index contributed by atoms with van der Waals surface area (Å²) in [6.45, 7) is -1.52. The van der Waals surface area contributed by atoms with Crippen molar-refractivity contribution in [3.05, 3.63) is 28.0 Å². The van der Waals surface area contributed by atoms with Gasteiger partial charge in [-0.2, -0.15) is 0 Å².